The summed E-state index contributed by atoms with van der Waals surface area (Å²) in [7, 11) is 2.08. The minimum absolute atomic E-state index is 0.116. The Bertz CT molecular complexity index is 606. The molecule has 4 atom stereocenters. The number of nitrogens with zero attached hydrogens (tertiary/aromatic N) is 1. The molecule has 2 bridgehead atoms. The second-order valence-corrected chi connectivity index (χ2v) is 6.81. The number of allylic oxidation sites excluding steroid dienone is 2. The lowest BCUT2D eigenvalue weighted by Crippen LogP contribution is -2.39. The van der Waals surface area contributed by atoms with Gasteiger partial charge in [-0.25, -0.2) is 0 Å². The minimum atomic E-state index is -4.26. The molecule has 4 heteroatoms. The molecule has 4 rings (SSSR count). The van der Waals surface area contributed by atoms with Gasteiger partial charge in [-0.1, -0.05) is 30.4 Å². The highest BCUT2D eigenvalue weighted by Crippen LogP contribution is 2.60. The van der Waals surface area contributed by atoms with Crippen LogP contribution in [-0.2, 0) is 11.6 Å². The topological polar surface area (TPSA) is 3.24 Å². The summed E-state index contributed by atoms with van der Waals surface area (Å²) >= 11 is 0. The van der Waals surface area contributed by atoms with Gasteiger partial charge in [0.15, 0.2) is 0 Å². The number of hydrogen-bond donors (Lipinski definition) is 0. The number of hydrogen-bond acceptors (Lipinski definition) is 1. The standard InChI is InChI=1S/C17H18F3N/c1-21-9-15-11-5-6-13(7-11)16(15,10-21)12-3-2-4-14(8-12)17(18,19)20/h2-6,8,11,13,15H,7,9-10H2,1H3. The number of fused-ring (bicyclic) bond motifs is 5. The van der Waals surface area contributed by atoms with Gasteiger partial charge >= 0.3 is 6.18 Å². The van der Waals surface area contributed by atoms with Crippen LogP contribution in [0.1, 0.15) is 17.5 Å². The molecule has 0 amide bonds. The van der Waals surface area contributed by atoms with Gasteiger partial charge in [-0.3, -0.25) is 0 Å². The largest absolute Gasteiger partial charge is 0.416 e. The molecule has 0 spiro atoms. The fourth-order valence-corrected chi connectivity index (χ4v) is 4.95. The average molecular weight is 293 g/mol. The first kappa shape index (κ1) is 13.4. The van der Waals surface area contributed by atoms with Crippen LogP contribution in [-0.4, -0.2) is 25.0 Å². The van der Waals surface area contributed by atoms with E-state index in [1.165, 1.54) is 12.1 Å². The summed E-state index contributed by atoms with van der Waals surface area (Å²) in [5.41, 5.74) is 0.244. The van der Waals surface area contributed by atoms with Gasteiger partial charge in [-0.15, -0.1) is 0 Å². The number of rotatable bonds is 1. The second-order valence-electron chi connectivity index (χ2n) is 6.81. The van der Waals surface area contributed by atoms with Gasteiger partial charge in [0.05, 0.1) is 5.56 Å². The van der Waals surface area contributed by atoms with Crippen LogP contribution in [0.15, 0.2) is 36.4 Å². The van der Waals surface area contributed by atoms with Crippen LogP contribution < -0.4 is 0 Å². The Morgan fingerprint density at radius 2 is 2.05 bits per heavy atom. The van der Waals surface area contributed by atoms with E-state index in [4.69, 9.17) is 0 Å². The maximum absolute atomic E-state index is 13.0. The molecule has 2 fully saturated rings. The Morgan fingerprint density at radius 3 is 2.81 bits per heavy atom. The molecule has 1 aromatic rings. The molecule has 1 saturated heterocycles. The Morgan fingerprint density at radius 1 is 1.24 bits per heavy atom. The van der Waals surface area contributed by atoms with Crippen molar-refractivity contribution in [2.24, 2.45) is 17.8 Å². The van der Waals surface area contributed by atoms with Crippen molar-refractivity contribution in [1.82, 2.24) is 4.90 Å². The third-order valence-corrected chi connectivity index (χ3v) is 5.72. The highest BCUT2D eigenvalue weighted by atomic mass is 19.4. The fourth-order valence-electron chi connectivity index (χ4n) is 4.95. The van der Waals surface area contributed by atoms with Gasteiger partial charge in [0.25, 0.3) is 0 Å². The van der Waals surface area contributed by atoms with Crippen LogP contribution in [0.2, 0.25) is 0 Å². The van der Waals surface area contributed by atoms with E-state index in [1.54, 1.807) is 6.07 Å². The van der Waals surface area contributed by atoms with E-state index in [2.05, 4.69) is 24.1 Å². The molecular weight excluding hydrogens is 275 g/mol. The van der Waals surface area contributed by atoms with Gasteiger partial charge in [-0.05, 0) is 42.9 Å². The lowest BCUT2D eigenvalue weighted by molar-refractivity contribution is -0.137. The van der Waals surface area contributed by atoms with Crippen molar-refractivity contribution in [1.29, 1.82) is 0 Å². The van der Waals surface area contributed by atoms with Crippen LogP contribution in [0.4, 0.5) is 13.2 Å². The molecule has 0 N–H and O–H groups in total. The van der Waals surface area contributed by atoms with Crippen molar-refractivity contribution < 1.29 is 13.2 Å². The number of benzene rings is 1. The van der Waals surface area contributed by atoms with E-state index >= 15 is 0 Å². The first-order chi connectivity index (χ1) is 9.91. The van der Waals surface area contributed by atoms with Crippen molar-refractivity contribution in [3.8, 4) is 0 Å². The van der Waals surface area contributed by atoms with Gasteiger partial charge in [-0.2, -0.15) is 13.2 Å². The third kappa shape index (κ3) is 1.75. The Kier molecular flexibility index (Phi) is 2.63. The van der Waals surface area contributed by atoms with Gasteiger partial charge in [0, 0.05) is 18.5 Å². The molecule has 0 radical (unpaired) electrons. The highest BCUT2D eigenvalue weighted by molar-refractivity contribution is 5.41. The summed E-state index contributed by atoms with van der Waals surface area (Å²) in [6.07, 6.45) is 1.36. The SMILES string of the molecule is CN1CC2C3C=CC(C3)C2(c2cccc(C(F)(F)F)c2)C1. The average Bonchev–Trinajstić information content (AvgIpc) is 3.08. The van der Waals surface area contributed by atoms with Gasteiger partial charge in [0.1, 0.15) is 0 Å². The van der Waals surface area contributed by atoms with Crippen molar-refractivity contribution in [3.05, 3.63) is 47.5 Å². The molecule has 2 aliphatic carbocycles. The van der Waals surface area contributed by atoms with Crippen LogP contribution in [0, 0.1) is 17.8 Å². The first-order valence-electron chi connectivity index (χ1n) is 7.46. The van der Waals surface area contributed by atoms with Crippen LogP contribution in [0.25, 0.3) is 0 Å². The zero-order valence-corrected chi connectivity index (χ0v) is 11.9. The quantitative estimate of drug-likeness (QED) is 0.713. The summed E-state index contributed by atoms with van der Waals surface area (Å²) in [6.45, 7) is 1.85. The lowest BCUT2D eigenvalue weighted by atomic mass is 9.66. The Balaban J connectivity index is 1.83. The molecule has 112 valence electrons. The maximum atomic E-state index is 13.0. The predicted molar refractivity (Wildman–Crippen MR) is 74.8 cm³/mol. The van der Waals surface area contributed by atoms with Crippen molar-refractivity contribution in [2.45, 2.75) is 18.0 Å². The van der Waals surface area contributed by atoms with Crippen LogP contribution >= 0.6 is 0 Å². The fraction of sp³-hybridized carbons (Fsp3) is 0.529. The summed E-state index contributed by atoms with van der Waals surface area (Å²) < 4.78 is 39.1. The van der Waals surface area contributed by atoms with E-state index in [-0.39, 0.29) is 5.41 Å². The van der Waals surface area contributed by atoms with Crippen molar-refractivity contribution >= 4 is 0 Å². The maximum Gasteiger partial charge on any atom is 0.416 e. The van der Waals surface area contributed by atoms with Gasteiger partial charge in [0.2, 0.25) is 0 Å². The molecule has 1 heterocycles. The Hall–Kier alpha value is -1.29. The monoisotopic (exact) mass is 293 g/mol. The van der Waals surface area contributed by atoms with Crippen LogP contribution in [0.5, 0.6) is 0 Å². The zero-order chi connectivity index (χ0) is 14.8. The van der Waals surface area contributed by atoms with Crippen LogP contribution in [0.3, 0.4) is 0 Å². The molecule has 3 aliphatic rings. The minimum Gasteiger partial charge on any atom is -0.305 e. The predicted octanol–water partition coefficient (Wildman–Crippen LogP) is 3.71. The molecule has 1 nitrogen and oxygen atoms in total. The molecule has 4 unspecified atom stereocenters. The van der Waals surface area contributed by atoms with Gasteiger partial charge < -0.3 is 4.90 Å². The summed E-state index contributed by atoms with van der Waals surface area (Å²) in [5, 5.41) is 0. The van der Waals surface area contributed by atoms with E-state index in [0.717, 1.165) is 25.1 Å². The first-order valence-corrected chi connectivity index (χ1v) is 7.46. The zero-order valence-electron chi connectivity index (χ0n) is 11.9. The third-order valence-electron chi connectivity index (χ3n) is 5.72. The van der Waals surface area contributed by atoms with E-state index in [0.29, 0.717) is 17.8 Å². The molecule has 21 heavy (non-hydrogen) atoms. The van der Waals surface area contributed by atoms with Crippen molar-refractivity contribution in [3.63, 3.8) is 0 Å². The number of alkyl halides is 3. The number of likely N-dealkylation sites (tertiary alicyclic amines) is 1. The number of halogens is 3. The highest BCUT2D eigenvalue weighted by Gasteiger charge is 2.60. The molecule has 1 aliphatic heterocycles. The van der Waals surface area contributed by atoms with Crippen molar-refractivity contribution in [2.75, 3.05) is 20.1 Å². The molecule has 1 saturated carbocycles. The summed E-state index contributed by atoms with van der Waals surface area (Å²) in [4.78, 5) is 2.27. The smallest absolute Gasteiger partial charge is 0.305 e. The summed E-state index contributed by atoms with van der Waals surface area (Å²) in [6, 6.07) is 6.03. The normalized spacial score (nSPS) is 38.2. The summed E-state index contributed by atoms with van der Waals surface area (Å²) in [5.74, 6) is 1.39. The number of likely N-dealkylation sites (N-methyl/N-ethyl adjacent to an activating group) is 1. The molecule has 1 aromatic carbocycles. The Labute approximate surface area is 122 Å². The molecular formula is C17H18F3N. The molecule has 0 aromatic heterocycles. The van der Waals surface area contributed by atoms with E-state index in [9.17, 15) is 13.2 Å². The van der Waals surface area contributed by atoms with E-state index in [1.807, 2.05) is 6.07 Å². The van der Waals surface area contributed by atoms with E-state index < -0.39 is 11.7 Å². The second kappa shape index (κ2) is 4.13. The lowest BCUT2D eigenvalue weighted by Gasteiger charge is -2.37.